The lowest BCUT2D eigenvalue weighted by molar-refractivity contribution is -0.118. The van der Waals surface area contributed by atoms with Crippen LogP contribution in [0.2, 0.25) is 0 Å². The highest BCUT2D eigenvalue weighted by molar-refractivity contribution is 7.09. The van der Waals surface area contributed by atoms with E-state index in [-0.39, 0.29) is 0 Å². The fraction of sp³-hybridized carbons (Fsp3) is 0.364. The lowest BCUT2D eigenvalue weighted by Gasteiger charge is -2.10. The molecule has 1 nitrogen and oxygen atoms in total. The predicted molar refractivity (Wildman–Crippen MR) is 55.0 cm³/mol. The Balaban J connectivity index is 2.00. The zero-order valence-electron chi connectivity index (χ0n) is 7.45. The third-order valence-electron chi connectivity index (χ3n) is 2.32. The first kappa shape index (κ1) is 8.70. The van der Waals surface area contributed by atoms with Gasteiger partial charge >= 0.3 is 0 Å². The van der Waals surface area contributed by atoms with E-state index in [2.05, 4.69) is 23.6 Å². The topological polar surface area (TPSA) is 17.1 Å². The summed E-state index contributed by atoms with van der Waals surface area (Å²) in [5.74, 6) is 0.384. The minimum Gasteiger partial charge on any atom is -0.299 e. The van der Waals surface area contributed by atoms with Gasteiger partial charge in [-0.15, -0.1) is 11.3 Å². The molecule has 0 amide bonds. The zero-order chi connectivity index (χ0) is 9.10. The average Bonchev–Trinajstić information content (AvgIpc) is 2.62. The molecule has 0 aliphatic heterocycles. The molecule has 0 spiro atoms. The van der Waals surface area contributed by atoms with E-state index in [1.165, 1.54) is 10.5 Å². The second-order valence-corrected chi connectivity index (χ2v) is 4.39. The van der Waals surface area contributed by atoms with Gasteiger partial charge in [-0.1, -0.05) is 17.7 Å². The van der Waals surface area contributed by atoms with Gasteiger partial charge in [0.25, 0.3) is 0 Å². The fourth-order valence-corrected chi connectivity index (χ4v) is 2.32. The van der Waals surface area contributed by atoms with Crippen molar-refractivity contribution in [3.8, 4) is 0 Å². The summed E-state index contributed by atoms with van der Waals surface area (Å²) < 4.78 is 0. The minimum absolute atomic E-state index is 0.384. The van der Waals surface area contributed by atoms with Crippen molar-refractivity contribution in [2.45, 2.75) is 25.7 Å². The lowest BCUT2D eigenvalue weighted by atomic mass is 9.96. The summed E-state index contributed by atoms with van der Waals surface area (Å²) in [4.78, 5) is 12.4. The van der Waals surface area contributed by atoms with Crippen LogP contribution in [-0.2, 0) is 11.2 Å². The Morgan fingerprint density at radius 3 is 2.92 bits per heavy atom. The Kier molecular flexibility index (Phi) is 2.60. The van der Waals surface area contributed by atoms with Crippen LogP contribution in [0.1, 0.15) is 24.1 Å². The number of Topliss-reactive ketones (excluding diaryl/α,β-unsaturated/α-hetero) is 1. The van der Waals surface area contributed by atoms with Crippen LogP contribution < -0.4 is 0 Å². The van der Waals surface area contributed by atoms with Gasteiger partial charge in [0, 0.05) is 24.1 Å². The van der Waals surface area contributed by atoms with Gasteiger partial charge in [0.15, 0.2) is 0 Å². The summed E-state index contributed by atoms with van der Waals surface area (Å²) in [6.45, 7) is 0. The van der Waals surface area contributed by atoms with E-state index in [9.17, 15) is 4.79 Å². The number of carbonyl (C=O) groups is 1. The Labute approximate surface area is 82.1 Å². The summed E-state index contributed by atoms with van der Waals surface area (Å²) in [6, 6.07) is 4.23. The van der Waals surface area contributed by atoms with Gasteiger partial charge in [-0.25, -0.2) is 0 Å². The highest BCUT2D eigenvalue weighted by atomic mass is 32.1. The van der Waals surface area contributed by atoms with Gasteiger partial charge < -0.3 is 0 Å². The number of allylic oxidation sites excluding steroid dienone is 2. The second kappa shape index (κ2) is 3.88. The van der Waals surface area contributed by atoms with E-state index in [0.717, 1.165) is 19.3 Å². The van der Waals surface area contributed by atoms with Gasteiger partial charge in [0.2, 0.25) is 0 Å². The van der Waals surface area contributed by atoms with Crippen molar-refractivity contribution in [3.63, 3.8) is 0 Å². The maximum absolute atomic E-state index is 11.0. The van der Waals surface area contributed by atoms with E-state index < -0.39 is 0 Å². The van der Waals surface area contributed by atoms with Gasteiger partial charge in [0.05, 0.1) is 0 Å². The second-order valence-electron chi connectivity index (χ2n) is 3.36. The number of thiophene rings is 1. The highest BCUT2D eigenvalue weighted by Gasteiger charge is 2.10. The van der Waals surface area contributed by atoms with Crippen LogP contribution >= 0.6 is 11.3 Å². The molecule has 0 atom stereocenters. The maximum Gasteiger partial charge on any atom is 0.136 e. The summed E-state index contributed by atoms with van der Waals surface area (Å²) >= 11 is 1.79. The van der Waals surface area contributed by atoms with E-state index in [1.807, 2.05) is 0 Å². The predicted octanol–water partition coefficient (Wildman–Crippen LogP) is 2.97. The first-order valence-electron chi connectivity index (χ1n) is 4.56. The van der Waals surface area contributed by atoms with Crippen LogP contribution in [-0.4, -0.2) is 5.78 Å². The summed E-state index contributed by atoms with van der Waals surface area (Å²) in [5.41, 5.74) is 1.43. The average molecular weight is 192 g/mol. The number of ketones is 1. The zero-order valence-corrected chi connectivity index (χ0v) is 8.27. The van der Waals surface area contributed by atoms with Gasteiger partial charge in [0.1, 0.15) is 5.78 Å². The van der Waals surface area contributed by atoms with Crippen molar-refractivity contribution in [1.29, 1.82) is 0 Å². The van der Waals surface area contributed by atoms with Crippen LogP contribution in [0.4, 0.5) is 0 Å². The molecular weight excluding hydrogens is 180 g/mol. The van der Waals surface area contributed by atoms with E-state index in [0.29, 0.717) is 12.2 Å². The maximum atomic E-state index is 11.0. The van der Waals surface area contributed by atoms with Crippen molar-refractivity contribution in [1.82, 2.24) is 0 Å². The molecule has 68 valence electrons. The van der Waals surface area contributed by atoms with Crippen molar-refractivity contribution < 1.29 is 4.79 Å². The first-order valence-corrected chi connectivity index (χ1v) is 5.44. The molecule has 2 rings (SSSR count). The normalized spacial score (nSPS) is 17.2. The van der Waals surface area contributed by atoms with Crippen LogP contribution in [0.3, 0.4) is 0 Å². The molecule has 0 saturated heterocycles. The molecule has 0 bridgehead atoms. The Morgan fingerprint density at radius 1 is 1.38 bits per heavy atom. The van der Waals surface area contributed by atoms with E-state index in [1.54, 1.807) is 11.3 Å². The molecule has 0 fully saturated rings. The van der Waals surface area contributed by atoms with Gasteiger partial charge in [-0.2, -0.15) is 0 Å². The third-order valence-corrected chi connectivity index (χ3v) is 3.20. The number of hydrogen-bond acceptors (Lipinski definition) is 2. The summed E-state index contributed by atoms with van der Waals surface area (Å²) in [7, 11) is 0. The third kappa shape index (κ3) is 2.28. The summed E-state index contributed by atoms with van der Waals surface area (Å²) in [6.07, 6.45) is 5.52. The van der Waals surface area contributed by atoms with Crippen LogP contribution in [0.15, 0.2) is 29.2 Å². The molecule has 0 aromatic carbocycles. The Hall–Kier alpha value is -0.890. The molecule has 1 aliphatic carbocycles. The highest BCUT2D eigenvalue weighted by Crippen LogP contribution is 2.21. The Bertz CT molecular complexity index is 322. The largest absolute Gasteiger partial charge is 0.299 e. The molecule has 13 heavy (non-hydrogen) atoms. The molecule has 2 heteroatoms. The lowest BCUT2D eigenvalue weighted by Crippen LogP contribution is -2.04. The smallest absolute Gasteiger partial charge is 0.136 e. The number of carbonyl (C=O) groups excluding carboxylic acids is 1. The van der Waals surface area contributed by atoms with Crippen LogP contribution in [0, 0.1) is 0 Å². The molecule has 1 aromatic heterocycles. The molecule has 0 radical (unpaired) electrons. The summed E-state index contributed by atoms with van der Waals surface area (Å²) in [5, 5.41) is 2.10. The van der Waals surface area contributed by atoms with Crippen LogP contribution in [0.5, 0.6) is 0 Å². The quantitative estimate of drug-likeness (QED) is 0.658. The Morgan fingerprint density at radius 2 is 2.31 bits per heavy atom. The first-order chi connectivity index (χ1) is 6.34. The van der Waals surface area contributed by atoms with E-state index in [4.69, 9.17) is 0 Å². The van der Waals surface area contributed by atoms with E-state index >= 15 is 0 Å². The molecule has 0 unspecified atom stereocenters. The van der Waals surface area contributed by atoms with Crippen LogP contribution in [0.25, 0.3) is 0 Å². The minimum atomic E-state index is 0.384. The molecule has 0 N–H and O–H groups in total. The van der Waals surface area contributed by atoms with Gasteiger partial charge in [-0.3, -0.25) is 4.79 Å². The van der Waals surface area contributed by atoms with Crippen molar-refractivity contribution in [2.75, 3.05) is 0 Å². The standard InChI is InChI=1S/C11H12OS/c12-10-5-3-9(4-6-10)8-11-2-1-7-13-11/h1-3,7H,4-6,8H2. The molecule has 1 aromatic rings. The van der Waals surface area contributed by atoms with Crippen molar-refractivity contribution >= 4 is 17.1 Å². The molecule has 1 heterocycles. The van der Waals surface area contributed by atoms with Gasteiger partial charge in [-0.05, 0) is 17.9 Å². The van der Waals surface area contributed by atoms with Crippen molar-refractivity contribution in [2.24, 2.45) is 0 Å². The SMILES string of the molecule is O=C1CC=C(Cc2cccs2)CC1. The molecule has 0 saturated carbocycles. The van der Waals surface area contributed by atoms with Crippen molar-refractivity contribution in [3.05, 3.63) is 34.0 Å². The molecule has 1 aliphatic rings. The number of rotatable bonds is 2. The fourth-order valence-electron chi connectivity index (χ4n) is 1.56. The number of hydrogen-bond donors (Lipinski definition) is 0. The molecular formula is C11H12OS. The monoisotopic (exact) mass is 192 g/mol.